The minimum Gasteiger partial charge on any atom is -0.392 e. The number of benzene rings is 1. The van der Waals surface area contributed by atoms with Crippen molar-refractivity contribution in [1.29, 1.82) is 0 Å². The van der Waals surface area contributed by atoms with E-state index in [4.69, 9.17) is 29.6 Å². The molecule has 0 aromatic heterocycles. The number of hydrogen-bond acceptors (Lipinski definition) is 2. The first-order valence-corrected chi connectivity index (χ1v) is 6.35. The molecule has 1 aliphatic heterocycles. The number of rotatable bonds is 2. The summed E-state index contributed by atoms with van der Waals surface area (Å²) >= 11 is 10.6. The van der Waals surface area contributed by atoms with E-state index in [0.717, 1.165) is 12.8 Å². The first-order valence-electron chi connectivity index (χ1n) is 5.56. The lowest BCUT2D eigenvalue weighted by atomic mass is 10.1. The van der Waals surface area contributed by atoms with Crippen LogP contribution < -0.4 is 5.73 Å². The van der Waals surface area contributed by atoms with Crippen LogP contribution in [0.25, 0.3) is 0 Å². The zero-order valence-corrected chi connectivity index (χ0v) is 11.1. The van der Waals surface area contributed by atoms with Crippen molar-refractivity contribution in [3.05, 3.63) is 34.6 Å². The second kappa shape index (κ2) is 5.20. The van der Waals surface area contributed by atoms with Gasteiger partial charge in [0.25, 0.3) is 5.91 Å². The van der Waals surface area contributed by atoms with Crippen molar-refractivity contribution in [2.24, 2.45) is 5.73 Å². The van der Waals surface area contributed by atoms with E-state index in [-0.39, 0.29) is 21.6 Å². The van der Waals surface area contributed by atoms with Gasteiger partial charge in [0.1, 0.15) is 0 Å². The molecule has 96 valence electrons. The molecule has 1 aromatic carbocycles. The molecule has 0 saturated carbocycles. The highest BCUT2D eigenvalue weighted by Crippen LogP contribution is 2.24. The number of carbonyl (C=O) groups is 1. The van der Waals surface area contributed by atoms with E-state index in [1.54, 1.807) is 6.07 Å². The Hall–Kier alpha value is -1.20. The summed E-state index contributed by atoms with van der Waals surface area (Å²) in [6, 6.07) is 4.08. The van der Waals surface area contributed by atoms with Gasteiger partial charge in [-0.2, -0.15) is 0 Å². The van der Waals surface area contributed by atoms with Crippen LogP contribution in [0.2, 0.25) is 5.02 Å². The van der Waals surface area contributed by atoms with Crippen LogP contribution in [-0.4, -0.2) is 28.4 Å². The summed E-state index contributed by atoms with van der Waals surface area (Å²) in [5.41, 5.74) is 5.55. The summed E-state index contributed by atoms with van der Waals surface area (Å²) in [7, 11) is 0. The van der Waals surface area contributed by atoms with Crippen LogP contribution in [0.3, 0.4) is 0 Å². The Morgan fingerprint density at radius 2 is 2.28 bits per heavy atom. The zero-order valence-electron chi connectivity index (χ0n) is 9.53. The van der Waals surface area contributed by atoms with Gasteiger partial charge in [-0.3, -0.25) is 4.79 Å². The van der Waals surface area contributed by atoms with Crippen molar-refractivity contribution in [3.8, 4) is 0 Å². The predicted octanol–water partition coefficient (Wildman–Crippen LogP) is 2.37. The molecular formula is C12H12ClFN2OS. The lowest BCUT2D eigenvalue weighted by molar-refractivity contribution is 0.0765. The van der Waals surface area contributed by atoms with Gasteiger partial charge in [-0.15, -0.1) is 0 Å². The highest BCUT2D eigenvalue weighted by atomic mass is 35.5. The number of thiocarbonyl (C=S) groups is 1. The minimum atomic E-state index is -0.697. The third-order valence-corrected chi connectivity index (χ3v) is 3.59. The van der Waals surface area contributed by atoms with E-state index >= 15 is 0 Å². The molecule has 1 amide bonds. The molecule has 1 saturated heterocycles. The summed E-state index contributed by atoms with van der Waals surface area (Å²) in [6.45, 7) is 0.535. The third-order valence-electron chi connectivity index (χ3n) is 3.02. The highest BCUT2D eigenvalue weighted by Gasteiger charge is 2.32. The molecule has 18 heavy (non-hydrogen) atoms. The van der Waals surface area contributed by atoms with E-state index in [1.807, 2.05) is 0 Å². The van der Waals surface area contributed by atoms with Crippen LogP contribution in [0.1, 0.15) is 23.2 Å². The molecule has 1 unspecified atom stereocenters. The summed E-state index contributed by atoms with van der Waals surface area (Å²) in [4.78, 5) is 14.0. The molecule has 1 heterocycles. The maximum Gasteiger partial charge on any atom is 0.257 e. The second-order valence-corrected chi connectivity index (χ2v) is 5.04. The van der Waals surface area contributed by atoms with E-state index in [9.17, 15) is 9.18 Å². The normalized spacial score (nSPS) is 19.0. The van der Waals surface area contributed by atoms with Crippen LogP contribution in [0.4, 0.5) is 4.39 Å². The molecule has 6 heteroatoms. The fraction of sp³-hybridized carbons (Fsp3) is 0.333. The Morgan fingerprint density at radius 1 is 1.56 bits per heavy atom. The standard InChI is InChI=1S/C12H12ClFN2OS/c13-8-4-1-3-7(10(8)14)12(17)16-6-2-5-9(16)11(15)18/h1,3-4,9H,2,5-6H2,(H2,15,18). The maximum atomic E-state index is 13.8. The number of carbonyl (C=O) groups excluding carboxylic acids is 1. The predicted molar refractivity (Wildman–Crippen MR) is 72.3 cm³/mol. The molecule has 3 nitrogen and oxygen atoms in total. The summed E-state index contributed by atoms with van der Waals surface area (Å²) in [6.07, 6.45) is 1.54. The van der Waals surface area contributed by atoms with Crippen molar-refractivity contribution in [2.45, 2.75) is 18.9 Å². The largest absolute Gasteiger partial charge is 0.392 e. The Labute approximate surface area is 115 Å². The maximum absolute atomic E-state index is 13.8. The van der Waals surface area contributed by atoms with Gasteiger partial charge in [0.15, 0.2) is 5.82 Å². The van der Waals surface area contributed by atoms with E-state index in [2.05, 4.69) is 0 Å². The highest BCUT2D eigenvalue weighted by molar-refractivity contribution is 7.80. The van der Waals surface area contributed by atoms with Crippen molar-refractivity contribution in [3.63, 3.8) is 0 Å². The number of hydrogen-bond donors (Lipinski definition) is 1. The first-order chi connectivity index (χ1) is 8.52. The van der Waals surface area contributed by atoms with E-state index < -0.39 is 11.7 Å². The molecular weight excluding hydrogens is 275 g/mol. The van der Waals surface area contributed by atoms with Crippen LogP contribution in [0.5, 0.6) is 0 Å². The summed E-state index contributed by atoms with van der Waals surface area (Å²) in [5, 5.41) is -0.0630. The first kappa shape index (κ1) is 13.2. The third kappa shape index (κ3) is 2.33. The Bertz CT molecular complexity index is 509. The topological polar surface area (TPSA) is 46.3 Å². The molecule has 0 aliphatic carbocycles. The number of halogens is 2. The molecule has 1 atom stereocenters. The van der Waals surface area contributed by atoms with Gasteiger partial charge >= 0.3 is 0 Å². The molecule has 0 bridgehead atoms. The van der Waals surface area contributed by atoms with Crippen molar-refractivity contribution >= 4 is 34.7 Å². The summed E-state index contributed by atoms with van der Waals surface area (Å²) < 4.78 is 13.8. The fourth-order valence-corrected chi connectivity index (χ4v) is 2.55. The molecule has 2 N–H and O–H groups in total. The van der Waals surface area contributed by atoms with Crippen LogP contribution in [0.15, 0.2) is 18.2 Å². The van der Waals surface area contributed by atoms with E-state index in [0.29, 0.717) is 6.54 Å². The number of amides is 1. The Balaban J connectivity index is 2.31. The van der Waals surface area contributed by atoms with Gasteiger partial charge in [-0.1, -0.05) is 29.9 Å². The van der Waals surface area contributed by atoms with E-state index in [1.165, 1.54) is 17.0 Å². The zero-order chi connectivity index (χ0) is 13.3. The molecule has 2 rings (SSSR count). The molecule has 0 radical (unpaired) electrons. The average molecular weight is 287 g/mol. The van der Waals surface area contributed by atoms with Gasteiger partial charge in [0.05, 0.1) is 21.6 Å². The Morgan fingerprint density at radius 3 is 2.94 bits per heavy atom. The van der Waals surface area contributed by atoms with Gasteiger partial charge in [0, 0.05) is 6.54 Å². The van der Waals surface area contributed by atoms with Crippen molar-refractivity contribution in [1.82, 2.24) is 4.90 Å². The monoisotopic (exact) mass is 286 g/mol. The number of likely N-dealkylation sites (tertiary alicyclic amines) is 1. The number of nitrogens with zero attached hydrogens (tertiary/aromatic N) is 1. The molecule has 1 fully saturated rings. The molecule has 1 aromatic rings. The van der Waals surface area contributed by atoms with Crippen molar-refractivity contribution in [2.75, 3.05) is 6.54 Å². The average Bonchev–Trinajstić information content (AvgIpc) is 2.81. The molecule has 0 spiro atoms. The minimum absolute atomic E-state index is 0.0364. The lowest BCUT2D eigenvalue weighted by Crippen LogP contribution is -2.43. The van der Waals surface area contributed by atoms with Crippen LogP contribution in [0, 0.1) is 5.82 Å². The van der Waals surface area contributed by atoms with Crippen LogP contribution in [-0.2, 0) is 0 Å². The SMILES string of the molecule is NC(=S)C1CCCN1C(=O)c1cccc(Cl)c1F. The lowest BCUT2D eigenvalue weighted by Gasteiger charge is -2.24. The smallest absolute Gasteiger partial charge is 0.257 e. The van der Waals surface area contributed by atoms with Crippen molar-refractivity contribution < 1.29 is 9.18 Å². The summed E-state index contributed by atoms with van der Waals surface area (Å²) in [5.74, 6) is -1.11. The molecule has 1 aliphatic rings. The number of nitrogens with two attached hydrogens (primary N) is 1. The van der Waals surface area contributed by atoms with Gasteiger partial charge in [-0.25, -0.2) is 4.39 Å². The fourth-order valence-electron chi connectivity index (χ4n) is 2.13. The van der Waals surface area contributed by atoms with Crippen LogP contribution >= 0.6 is 23.8 Å². The quantitative estimate of drug-likeness (QED) is 0.849. The van der Waals surface area contributed by atoms with Gasteiger partial charge in [-0.05, 0) is 25.0 Å². The van der Waals surface area contributed by atoms with Gasteiger partial charge in [0.2, 0.25) is 0 Å². The van der Waals surface area contributed by atoms with Gasteiger partial charge < -0.3 is 10.6 Å². The second-order valence-electron chi connectivity index (χ2n) is 4.16. The Kier molecular flexibility index (Phi) is 3.82.